The smallest absolute Gasteiger partial charge is 0.350 e. The first kappa shape index (κ1) is 29.5. The van der Waals surface area contributed by atoms with E-state index >= 15 is 0 Å². The summed E-state index contributed by atoms with van der Waals surface area (Å²) in [5.74, 6) is -2.76. The van der Waals surface area contributed by atoms with Crippen LogP contribution in [0, 0.1) is 6.92 Å². The average molecular weight is 579 g/mol. The quantitative estimate of drug-likeness (QED) is 0.113. The summed E-state index contributed by atoms with van der Waals surface area (Å²) < 4.78 is 15.6. The Morgan fingerprint density at radius 1 is 1.00 bits per heavy atom. The molecule has 3 aromatic rings. The highest BCUT2D eigenvalue weighted by molar-refractivity contribution is 7.17. The molecule has 0 radical (unpaired) electrons. The highest BCUT2D eigenvalue weighted by atomic mass is 32.1. The fourth-order valence-corrected chi connectivity index (χ4v) is 5.32. The standard InChI is InChI=1S/C30H30N2O8S/c1-5-7-16-40-21-14-12-19(13-15-21)24(33)22-23(18-8-10-20(11-9-18)28(36)38-4)32(27(35)25(22)34)30-31-17(3)26(41-30)29(37)39-6-2/h8-15,23,33H,5-7,16H2,1-4H3/t23-/m0/s1. The Balaban J connectivity index is 1.82. The van der Waals surface area contributed by atoms with Crippen LogP contribution in [-0.4, -0.2) is 54.0 Å². The molecule has 1 aliphatic heterocycles. The summed E-state index contributed by atoms with van der Waals surface area (Å²) >= 11 is 0.914. The number of hydrogen-bond donors (Lipinski definition) is 1. The zero-order valence-corrected chi connectivity index (χ0v) is 23.9. The van der Waals surface area contributed by atoms with Gasteiger partial charge in [-0.3, -0.25) is 14.5 Å². The summed E-state index contributed by atoms with van der Waals surface area (Å²) in [5.41, 5.74) is 1.18. The molecular formula is C30H30N2O8S. The van der Waals surface area contributed by atoms with E-state index in [1.54, 1.807) is 50.2 Å². The van der Waals surface area contributed by atoms with Crippen molar-refractivity contribution in [3.63, 3.8) is 0 Å². The zero-order valence-electron chi connectivity index (χ0n) is 23.1. The minimum absolute atomic E-state index is 0.0911. The second-order valence-electron chi connectivity index (χ2n) is 9.14. The van der Waals surface area contributed by atoms with Crippen molar-refractivity contribution in [1.29, 1.82) is 0 Å². The minimum Gasteiger partial charge on any atom is -0.507 e. The summed E-state index contributed by atoms with van der Waals surface area (Å²) in [4.78, 5) is 57.1. The average Bonchev–Trinajstić information content (AvgIpc) is 3.49. The van der Waals surface area contributed by atoms with Crippen LogP contribution in [0.15, 0.2) is 54.1 Å². The molecule has 4 rings (SSSR count). The molecule has 0 unspecified atom stereocenters. The highest BCUT2D eigenvalue weighted by Gasteiger charge is 2.48. The van der Waals surface area contributed by atoms with Gasteiger partial charge in [-0.2, -0.15) is 0 Å². The lowest BCUT2D eigenvalue weighted by Gasteiger charge is -2.23. The maximum atomic E-state index is 13.5. The van der Waals surface area contributed by atoms with Crippen molar-refractivity contribution in [2.24, 2.45) is 0 Å². The predicted molar refractivity (Wildman–Crippen MR) is 152 cm³/mol. The normalized spacial score (nSPS) is 16.1. The number of rotatable bonds is 10. The Hall–Kier alpha value is -4.51. The number of carbonyl (C=O) groups is 4. The van der Waals surface area contributed by atoms with Crippen molar-refractivity contribution in [1.82, 2.24) is 4.98 Å². The van der Waals surface area contributed by atoms with E-state index in [0.717, 1.165) is 29.1 Å². The van der Waals surface area contributed by atoms with Crippen molar-refractivity contribution >= 4 is 45.9 Å². The molecule has 0 aliphatic carbocycles. The van der Waals surface area contributed by atoms with E-state index in [-0.39, 0.29) is 33.5 Å². The molecule has 0 bridgehead atoms. The van der Waals surface area contributed by atoms with E-state index < -0.39 is 29.7 Å². The molecule has 0 spiro atoms. The molecule has 1 N–H and O–H groups in total. The number of ether oxygens (including phenoxy) is 3. The second-order valence-corrected chi connectivity index (χ2v) is 10.1. The van der Waals surface area contributed by atoms with Crippen LogP contribution in [0.2, 0.25) is 0 Å². The molecule has 1 fully saturated rings. The van der Waals surface area contributed by atoms with Gasteiger partial charge in [-0.1, -0.05) is 36.8 Å². The molecule has 214 valence electrons. The number of benzene rings is 2. The number of unbranched alkanes of at least 4 members (excludes halogenated alkanes) is 1. The Kier molecular flexibility index (Phi) is 9.18. The third kappa shape index (κ3) is 5.99. The fourth-order valence-electron chi connectivity index (χ4n) is 4.33. The van der Waals surface area contributed by atoms with E-state index in [0.29, 0.717) is 29.2 Å². The monoisotopic (exact) mass is 578 g/mol. The number of anilines is 1. The van der Waals surface area contributed by atoms with Gasteiger partial charge in [0.25, 0.3) is 5.78 Å². The van der Waals surface area contributed by atoms with Crippen LogP contribution in [0.3, 0.4) is 0 Å². The molecule has 1 aromatic heterocycles. The summed E-state index contributed by atoms with van der Waals surface area (Å²) in [6.45, 7) is 6.05. The van der Waals surface area contributed by atoms with Crippen LogP contribution >= 0.6 is 11.3 Å². The maximum absolute atomic E-state index is 13.5. The lowest BCUT2D eigenvalue weighted by atomic mass is 9.94. The Labute approximate surface area is 241 Å². The Morgan fingerprint density at radius 3 is 2.27 bits per heavy atom. The number of ketones is 1. The van der Waals surface area contributed by atoms with Gasteiger partial charge in [0, 0.05) is 5.56 Å². The summed E-state index contributed by atoms with van der Waals surface area (Å²) in [7, 11) is 1.26. The van der Waals surface area contributed by atoms with Gasteiger partial charge in [-0.05, 0) is 62.2 Å². The predicted octanol–water partition coefficient (Wildman–Crippen LogP) is 5.22. The van der Waals surface area contributed by atoms with Crippen molar-refractivity contribution in [2.75, 3.05) is 25.2 Å². The van der Waals surface area contributed by atoms with Crippen molar-refractivity contribution in [3.05, 3.63) is 81.4 Å². The van der Waals surface area contributed by atoms with Crippen LogP contribution in [0.1, 0.15) is 69.6 Å². The van der Waals surface area contributed by atoms with E-state index in [1.165, 1.54) is 19.2 Å². The van der Waals surface area contributed by atoms with Crippen LogP contribution in [0.4, 0.5) is 5.13 Å². The van der Waals surface area contributed by atoms with E-state index in [4.69, 9.17) is 14.2 Å². The number of aliphatic hydroxyl groups is 1. The number of Topliss-reactive ketones (excluding diaryl/α,β-unsaturated/α-hetero) is 1. The number of thiazole rings is 1. The topological polar surface area (TPSA) is 132 Å². The summed E-state index contributed by atoms with van der Waals surface area (Å²) in [6, 6.07) is 11.6. The lowest BCUT2D eigenvalue weighted by molar-refractivity contribution is -0.132. The van der Waals surface area contributed by atoms with Crippen molar-refractivity contribution < 1.29 is 38.5 Å². The minimum atomic E-state index is -1.09. The number of methoxy groups -OCH3 is 1. The van der Waals surface area contributed by atoms with Gasteiger partial charge in [-0.25, -0.2) is 14.6 Å². The SMILES string of the molecule is CCCCOc1ccc(C(O)=C2C(=O)C(=O)N(c3nc(C)c(C(=O)OCC)s3)[C@H]2c2ccc(C(=O)OC)cc2)cc1. The van der Waals surface area contributed by atoms with Gasteiger partial charge < -0.3 is 19.3 Å². The number of aliphatic hydroxyl groups excluding tert-OH is 1. The molecule has 1 amide bonds. The zero-order chi connectivity index (χ0) is 29.7. The van der Waals surface area contributed by atoms with E-state index in [2.05, 4.69) is 11.9 Å². The molecule has 1 aliphatic rings. The van der Waals surface area contributed by atoms with Gasteiger partial charge in [0.15, 0.2) is 5.13 Å². The summed E-state index contributed by atoms with van der Waals surface area (Å²) in [5, 5.41) is 11.5. The number of aromatic nitrogens is 1. The van der Waals surface area contributed by atoms with Gasteiger partial charge in [0.1, 0.15) is 16.4 Å². The van der Waals surface area contributed by atoms with Gasteiger partial charge in [0.2, 0.25) is 0 Å². The molecular weight excluding hydrogens is 548 g/mol. The Bertz CT molecular complexity index is 1490. The first-order valence-electron chi connectivity index (χ1n) is 13.1. The molecule has 2 heterocycles. The number of esters is 2. The first-order chi connectivity index (χ1) is 19.7. The summed E-state index contributed by atoms with van der Waals surface area (Å²) in [6.07, 6.45) is 1.88. The third-order valence-electron chi connectivity index (χ3n) is 6.44. The van der Waals surface area contributed by atoms with Crippen LogP contribution in [0.5, 0.6) is 5.75 Å². The maximum Gasteiger partial charge on any atom is 0.350 e. The number of hydrogen-bond acceptors (Lipinski definition) is 10. The van der Waals surface area contributed by atoms with E-state index in [9.17, 15) is 24.3 Å². The molecule has 11 heteroatoms. The van der Waals surface area contributed by atoms with Gasteiger partial charge in [-0.15, -0.1) is 0 Å². The van der Waals surface area contributed by atoms with Crippen molar-refractivity contribution in [2.45, 2.75) is 39.7 Å². The third-order valence-corrected chi connectivity index (χ3v) is 7.58. The number of aryl methyl sites for hydroxylation is 1. The number of nitrogens with zero attached hydrogens (tertiary/aromatic N) is 2. The van der Waals surface area contributed by atoms with Gasteiger partial charge in [0.05, 0.1) is 43.2 Å². The fraction of sp³-hybridized carbons (Fsp3) is 0.300. The van der Waals surface area contributed by atoms with Crippen LogP contribution < -0.4 is 9.64 Å². The number of amides is 1. The lowest BCUT2D eigenvalue weighted by Crippen LogP contribution is -2.29. The largest absolute Gasteiger partial charge is 0.507 e. The molecule has 1 atom stereocenters. The second kappa shape index (κ2) is 12.8. The number of carbonyl (C=O) groups excluding carboxylic acids is 4. The van der Waals surface area contributed by atoms with E-state index in [1.807, 2.05) is 0 Å². The van der Waals surface area contributed by atoms with Gasteiger partial charge >= 0.3 is 17.8 Å². The molecule has 1 saturated heterocycles. The molecule has 2 aromatic carbocycles. The van der Waals surface area contributed by atoms with Crippen molar-refractivity contribution in [3.8, 4) is 5.75 Å². The van der Waals surface area contributed by atoms with Crippen LogP contribution in [0.25, 0.3) is 5.76 Å². The van der Waals surface area contributed by atoms with Crippen LogP contribution in [-0.2, 0) is 19.1 Å². The molecule has 10 nitrogen and oxygen atoms in total. The Morgan fingerprint density at radius 2 is 1.66 bits per heavy atom. The molecule has 41 heavy (non-hydrogen) atoms. The molecule has 0 saturated carbocycles. The highest BCUT2D eigenvalue weighted by Crippen LogP contribution is 2.44. The first-order valence-corrected chi connectivity index (χ1v) is 13.9.